The number of benzene rings is 2. The Bertz CT molecular complexity index is 761. The van der Waals surface area contributed by atoms with Crippen LogP contribution in [0.2, 0.25) is 10.0 Å². The van der Waals surface area contributed by atoms with E-state index in [-0.39, 0.29) is 5.91 Å². The zero-order chi connectivity index (χ0) is 15.5. The summed E-state index contributed by atoms with van der Waals surface area (Å²) in [5.41, 5.74) is 1.09. The van der Waals surface area contributed by atoms with Gasteiger partial charge in [0, 0.05) is 5.02 Å². The Labute approximate surface area is 136 Å². The van der Waals surface area contributed by atoms with Crippen molar-refractivity contribution in [3.63, 3.8) is 0 Å². The summed E-state index contributed by atoms with van der Waals surface area (Å²) >= 11 is 11.9. The first kappa shape index (κ1) is 14.7. The van der Waals surface area contributed by atoms with Crippen LogP contribution in [-0.2, 0) is 4.79 Å². The van der Waals surface area contributed by atoms with Gasteiger partial charge in [-0.05, 0) is 30.3 Å². The molecule has 0 radical (unpaired) electrons. The topological polar surface area (TPSA) is 57.4 Å². The Hall–Kier alpha value is -2.24. The second kappa shape index (κ2) is 6.25. The van der Waals surface area contributed by atoms with Crippen molar-refractivity contribution >= 4 is 46.7 Å². The molecule has 2 aromatic rings. The molecule has 0 bridgehead atoms. The fraction of sp³-hybridized carbons (Fsp3) is 0.0667. The highest BCUT2D eigenvalue weighted by atomic mass is 35.5. The molecular formula is C15H10Cl2N4O. The molecular weight excluding hydrogens is 323 g/mol. The van der Waals surface area contributed by atoms with Crippen LogP contribution in [-0.4, -0.2) is 18.2 Å². The number of para-hydroxylation sites is 1. The van der Waals surface area contributed by atoms with Crippen molar-refractivity contribution < 1.29 is 4.79 Å². The van der Waals surface area contributed by atoms with Gasteiger partial charge in [0.25, 0.3) is 5.91 Å². The highest BCUT2D eigenvalue weighted by Crippen LogP contribution is 2.29. The molecule has 0 saturated heterocycles. The van der Waals surface area contributed by atoms with Crippen molar-refractivity contribution in [3.8, 4) is 0 Å². The second-order valence-corrected chi connectivity index (χ2v) is 5.35. The minimum Gasteiger partial charge on any atom is -0.269 e. The van der Waals surface area contributed by atoms with Crippen LogP contribution in [0.25, 0.3) is 0 Å². The summed E-state index contributed by atoms with van der Waals surface area (Å²) in [4.78, 5) is 12.3. The second-order valence-electron chi connectivity index (χ2n) is 4.51. The van der Waals surface area contributed by atoms with Gasteiger partial charge in [0.15, 0.2) is 6.04 Å². The van der Waals surface area contributed by atoms with Crippen LogP contribution in [0.1, 0.15) is 0 Å². The molecule has 0 fully saturated rings. The van der Waals surface area contributed by atoms with Crippen molar-refractivity contribution in [1.82, 2.24) is 0 Å². The van der Waals surface area contributed by atoms with Crippen molar-refractivity contribution in [1.29, 1.82) is 0 Å². The lowest BCUT2D eigenvalue weighted by molar-refractivity contribution is -0.117. The number of amides is 1. The first-order valence-electron chi connectivity index (χ1n) is 6.44. The Morgan fingerprint density at radius 1 is 1.09 bits per heavy atom. The molecule has 0 spiro atoms. The number of azo groups is 1. The van der Waals surface area contributed by atoms with Crippen molar-refractivity contribution in [2.75, 3.05) is 5.01 Å². The van der Waals surface area contributed by atoms with E-state index in [1.165, 1.54) is 11.2 Å². The Kier molecular flexibility index (Phi) is 4.18. The molecule has 1 amide bonds. The van der Waals surface area contributed by atoms with E-state index < -0.39 is 6.04 Å². The lowest BCUT2D eigenvalue weighted by Gasteiger charge is -2.11. The first-order chi connectivity index (χ1) is 10.6. The van der Waals surface area contributed by atoms with Gasteiger partial charge < -0.3 is 0 Å². The molecule has 2 aromatic carbocycles. The van der Waals surface area contributed by atoms with E-state index in [9.17, 15) is 4.79 Å². The SMILES string of the molecule is O=C1C(N=Nc2cc(Cl)ccc2Cl)C=NN1c1ccccc1. The van der Waals surface area contributed by atoms with Crippen molar-refractivity contribution in [3.05, 3.63) is 58.6 Å². The van der Waals surface area contributed by atoms with Gasteiger partial charge >= 0.3 is 0 Å². The third kappa shape index (κ3) is 3.00. The molecule has 110 valence electrons. The molecule has 1 heterocycles. The van der Waals surface area contributed by atoms with Gasteiger partial charge in [-0.1, -0.05) is 41.4 Å². The van der Waals surface area contributed by atoms with E-state index in [2.05, 4.69) is 15.3 Å². The average Bonchev–Trinajstić information content (AvgIpc) is 2.90. The first-order valence-corrected chi connectivity index (χ1v) is 7.20. The number of halogens is 2. The molecule has 5 nitrogen and oxygen atoms in total. The minimum absolute atomic E-state index is 0.270. The molecule has 3 rings (SSSR count). The molecule has 0 saturated carbocycles. The lowest BCUT2D eigenvalue weighted by atomic mass is 10.3. The number of rotatable bonds is 3. The van der Waals surface area contributed by atoms with Gasteiger partial charge in [-0.3, -0.25) is 4.79 Å². The maximum absolute atomic E-state index is 12.3. The molecule has 0 aromatic heterocycles. The molecule has 7 heteroatoms. The molecule has 22 heavy (non-hydrogen) atoms. The zero-order valence-corrected chi connectivity index (χ0v) is 12.7. The molecule has 1 aliphatic rings. The largest absolute Gasteiger partial charge is 0.279 e. The maximum Gasteiger partial charge on any atom is 0.279 e. The summed E-state index contributed by atoms with van der Waals surface area (Å²) in [7, 11) is 0. The standard InChI is InChI=1S/C15H10Cl2N4O/c16-10-6-7-12(17)13(8-10)19-20-14-9-18-21(15(14)22)11-4-2-1-3-5-11/h1-9,14H. The number of hydrogen-bond donors (Lipinski definition) is 0. The van der Waals surface area contributed by atoms with Crippen LogP contribution in [0, 0.1) is 0 Å². The Balaban J connectivity index is 1.78. The fourth-order valence-corrected chi connectivity index (χ4v) is 2.23. The normalized spacial score (nSPS) is 17.6. The Morgan fingerprint density at radius 3 is 2.64 bits per heavy atom. The molecule has 1 atom stereocenters. The minimum atomic E-state index is -0.768. The van der Waals surface area contributed by atoms with Crippen LogP contribution in [0.4, 0.5) is 11.4 Å². The summed E-state index contributed by atoms with van der Waals surface area (Å²) in [6, 6.07) is 13.2. The van der Waals surface area contributed by atoms with Crippen LogP contribution in [0.15, 0.2) is 63.9 Å². The van der Waals surface area contributed by atoms with E-state index in [0.29, 0.717) is 21.4 Å². The highest BCUT2D eigenvalue weighted by Gasteiger charge is 2.29. The summed E-state index contributed by atoms with van der Waals surface area (Å²) in [5.74, 6) is -0.270. The number of hydrogen-bond acceptors (Lipinski definition) is 4. The van der Waals surface area contributed by atoms with Crippen LogP contribution in [0.5, 0.6) is 0 Å². The van der Waals surface area contributed by atoms with E-state index in [1.807, 2.05) is 18.2 Å². The van der Waals surface area contributed by atoms with Gasteiger partial charge in [-0.15, -0.1) is 0 Å². The quantitative estimate of drug-likeness (QED) is 0.764. The maximum atomic E-state index is 12.3. The fourth-order valence-electron chi connectivity index (χ4n) is 1.90. The number of carbonyl (C=O) groups is 1. The predicted molar refractivity (Wildman–Crippen MR) is 87.2 cm³/mol. The summed E-state index contributed by atoms with van der Waals surface area (Å²) in [5, 5.41) is 14.3. The Morgan fingerprint density at radius 2 is 1.86 bits per heavy atom. The van der Waals surface area contributed by atoms with Gasteiger partial charge in [-0.25, -0.2) is 0 Å². The number of nitrogens with zero attached hydrogens (tertiary/aromatic N) is 4. The van der Waals surface area contributed by atoms with Crippen LogP contribution >= 0.6 is 23.2 Å². The molecule has 0 N–H and O–H groups in total. The highest BCUT2D eigenvalue weighted by molar-refractivity contribution is 6.35. The monoisotopic (exact) mass is 332 g/mol. The van der Waals surface area contributed by atoms with Crippen LogP contribution < -0.4 is 5.01 Å². The average molecular weight is 333 g/mol. The van der Waals surface area contributed by atoms with Gasteiger partial charge in [0.2, 0.25) is 0 Å². The molecule has 1 unspecified atom stereocenters. The van der Waals surface area contributed by atoms with Gasteiger partial charge in [-0.2, -0.15) is 20.3 Å². The predicted octanol–water partition coefficient (Wildman–Crippen LogP) is 4.48. The number of hydrazone groups is 1. The van der Waals surface area contributed by atoms with Crippen molar-refractivity contribution in [2.24, 2.45) is 15.3 Å². The van der Waals surface area contributed by atoms with Crippen LogP contribution in [0.3, 0.4) is 0 Å². The lowest BCUT2D eigenvalue weighted by Crippen LogP contribution is -2.28. The van der Waals surface area contributed by atoms with E-state index in [0.717, 1.165) is 0 Å². The smallest absolute Gasteiger partial charge is 0.269 e. The third-order valence-corrected chi connectivity index (χ3v) is 3.54. The number of carbonyl (C=O) groups excluding carboxylic acids is 1. The summed E-state index contributed by atoms with van der Waals surface area (Å²) < 4.78 is 0. The van der Waals surface area contributed by atoms with Crippen molar-refractivity contribution in [2.45, 2.75) is 6.04 Å². The molecule has 1 aliphatic heterocycles. The van der Waals surface area contributed by atoms with Gasteiger partial charge in [0.05, 0.1) is 16.9 Å². The third-order valence-electron chi connectivity index (χ3n) is 2.98. The zero-order valence-electron chi connectivity index (χ0n) is 11.2. The van der Waals surface area contributed by atoms with Gasteiger partial charge in [0.1, 0.15) is 5.69 Å². The summed E-state index contributed by atoms with van der Waals surface area (Å²) in [6.45, 7) is 0. The molecule has 0 aliphatic carbocycles. The summed E-state index contributed by atoms with van der Waals surface area (Å²) in [6.07, 6.45) is 1.44. The van der Waals surface area contributed by atoms with E-state index in [4.69, 9.17) is 23.2 Å². The van der Waals surface area contributed by atoms with E-state index in [1.54, 1.807) is 30.3 Å². The van der Waals surface area contributed by atoms with E-state index >= 15 is 0 Å². The number of anilines is 1.